The normalized spacial score (nSPS) is 13.8. The number of rotatable bonds is 3. The van der Waals surface area contributed by atoms with Crippen molar-refractivity contribution in [2.75, 3.05) is 0 Å². The predicted octanol–water partition coefficient (Wildman–Crippen LogP) is 8.40. The molecule has 0 radical (unpaired) electrons. The van der Waals surface area contributed by atoms with Gasteiger partial charge in [-0.3, -0.25) is 4.57 Å². The predicted molar refractivity (Wildman–Crippen MR) is 167 cm³/mol. The molecule has 0 spiro atoms. The van der Waals surface area contributed by atoms with E-state index in [2.05, 4.69) is 65.2 Å². The van der Waals surface area contributed by atoms with Gasteiger partial charge in [-0.25, -0.2) is 4.98 Å². The van der Waals surface area contributed by atoms with Crippen LogP contribution in [0.4, 0.5) is 0 Å². The fourth-order valence-corrected chi connectivity index (χ4v) is 6.78. The molecule has 0 saturated carbocycles. The SMILES string of the molecule is c1ccc(-c2nc(-c3ccccc3)nc(-n3c4cc5c(cc4c4cc6oc7cc8c(cc7c6cc43)CC8)CC5)n2)cc1. The molecule has 0 aliphatic heterocycles. The summed E-state index contributed by atoms with van der Waals surface area (Å²) in [5.74, 6) is 1.94. The Hall–Kier alpha value is -5.29. The molecule has 0 fully saturated rings. The van der Waals surface area contributed by atoms with Gasteiger partial charge in [-0.2, -0.15) is 9.97 Å². The minimum atomic E-state index is 0.623. The van der Waals surface area contributed by atoms with Crippen LogP contribution in [0.5, 0.6) is 0 Å². The molecule has 5 nitrogen and oxygen atoms in total. The number of hydrogen-bond acceptors (Lipinski definition) is 4. The quantitative estimate of drug-likeness (QED) is 0.226. The van der Waals surface area contributed by atoms with E-state index in [4.69, 9.17) is 19.4 Å². The van der Waals surface area contributed by atoms with Crippen molar-refractivity contribution in [3.05, 3.63) is 119 Å². The number of benzene rings is 5. The molecule has 10 rings (SSSR count). The molecule has 8 aromatic rings. The maximum atomic E-state index is 6.47. The molecule has 0 atom stereocenters. The van der Waals surface area contributed by atoms with Gasteiger partial charge in [0, 0.05) is 32.7 Å². The second-order valence-electron chi connectivity index (χ2n) is 11.6. The third-order valence-electron chi connectivity index (χ3n) is 9.21. The lowest BCUT2D eigenvalue weighted by Gasteiger charge is -2.19. The Morgan fingerprint density at radius 1 is 0.476 bits per heavy atom. The molecule has 0 unspecified atom stereocenters. The highest BCUT2D eigenvalue weighted by Crippen LogP contribution is 2.41. The molecule has 0 N–H and O–H groups in total. The lowest BCUT2D eigenvalue weighted by molar-refractivity contribution is 0.666. The van der Waals surface area contributed by atoms with E-state index in [9.17, 15) is 0 Å². The molecule has 0 bridgehead atoms. The molecule has 0 amide bonds. The van der Waals surface area contributed by atoms with Crippen LogP contribution in [0.1, 0.15) is 22.3 Å². The van der Waals surface area contributed by atoms with Crippen LogP contribution in [0.3, 0.4) is 0 Å². The number of furan rings is 1. The Kier molecular flexibility index (Phi) is 4.34. The summed E-state index contributed by atoms with van der Waals surface area (Å²) in [6.07, 6.45) is 4.50. The molecular weight excluding hydrogens is 516 g/mol. The molecule has 3 heterocycles. The zero-order valence-electron chi connectivity index (χ0n) is 22.8. The summed E-state index contributed by atoms with van der Waals surface area (Å²) in [4.78, 5) is 15.2. The standard InChI is InChI=1S/C37H24N4O/c1-3-7-21(8-4-1)35-38-36(22-9-5-2-6-10-22)40-37(39-35)41-31-17-25-13-11-23(25)15-27(31)28-20-34-30(19-32(28)41)29-16-24-12-14-26(24)18-33(29)42-34/h1-10,15-20H,11-14H2. The van der Waals surface area contributed by atoms with Crippen molar-refractivity contribution in [3.8, 4) is 28.7 Å². The Balaban J connectivity index is 1.32. The number of nitrogens with zero attached hydrogens (tertiary/aromatic N) is 4. The monoisotopic (exact) mass is 540 g/mol. The number of fused-ring (bicyclic) bond motifs is 8. The van der Waals surface area contributed by atoms with E-state index in [1.165, 1.54) is 33.0 Å². The zero-order chi connectivity index (χ0) is 27.4. The van der Waals surface area contributed by atoms with Crippen molar-refractivity contribution >= 4 is 43.7 Å². The summed E-state index contributed by atoms with van der Waals surface area (Å²) in [5, 5.41) is 4.68. The Bertz CT molecular complexity index is 2340. The molecule has 198 valence electrons. The highest BCUT2D eigenvalue weighted by Gasteiger charge is 2.24. The highest BCUT2D eigenvalue weighted by atomic mass is 16.3. The molecule has 5 heteroatoms. The average Bonchev–Trinajstić information content (AvgIpc) is 3.52. The first-order valence-corrected chi connectivity index (χ1v) is 14.6. The van der Waals surface area contributed by atoms with Gasteiger partial charge in [-0.15, -0.1) is 0 Å². The topological polar surface area (TPSA) is 56.7 Å². The molecule has 2 aliphatic carbocycles. The fraction of sp³-hybridized carbons (Fsp3) is 0.108. The summed E-state index contributed by atoms with van der Waals surface area (Å²) in [6.45, 7) is 0. The van der Waals surface area contributed by atoms with Crippen LogP contribution in [0.2, 0.25) is 0 Å². The van der Waals surface area contributed by atoms with Gasteiger partial charge in [0.2, 0.25) is 5.95 Å². The fourth-order valence-electron chi connectivity index (χ4n) is 6.78. The van der Waals surface area contributed by atoms with Gasteiger partial charge < -0.3 is 4.42 Å². The lowest BCUT2D eigenvalue weighted by atomic mass is 9.87. The van der Waals surface area contributed by atoms with E-state index in [0.29, 0.717) is 17.6 Å². The zero-order valence-corrected chi connectivity index (χ0v) is 22.8. The van der Waals surface area contributed by atoms with E-state index in [1.54, 1.807) is 0 Å². The molecule has 0 saturated heterocycles. The highest BCUT2D eigenvalue weighted by molar-refractivity contribution is 6.17. The van der Waals surface area contributed by atoms with Crippen LogP contribution < -0.4 is 0 Å². The van der Waals surface area contributed by atoms with Gasteiger partial charge in [-0.1, -0.05) is 60.7 Å². The lowest BCUT2D eigenvalue weighted by Crippen LogP contribution is -2.09. The molecule has 2 aliphatic rings. The summed E-state index contributed by atoms with van der Waals surface area (Å²) >= 11 is 0. The van der Waals surface area contributed by atoms with Crippen LogP contribution in [0.25, 0.3) is 72.5 Å². The molecule has 42 heavy (non-hydrogen) atoms. The van der Waals surface area contributed by atoms with Crippen molar-refractivity contribution in [2.45, 2.75) is 25.7 Å². The second kappa shape index (κ2) is 8.14. The van der Waals surface area contributed by atoms with E-state index in [1.807, 2.05) is 36.4 Å². The molecule has 5 aromatic carbocycles. The Labute approximate surface area is 241 Å². The van der Waals surface area contributed by atoms with Crippen molar-refractivity contribution in [3.63, 3.8) is 0 Å². The maximum Gasteiger partial charge on any atom is 0.238 e. The van der Waals surface area contributed by atoms with Gasteiger partial charge in [0.15, 0.2) is 11.6 Å². The first-order chi connectivity index (χ1) is 20.8. The summed E-state index contributed by atoms with van der Waals surface area (Å²) < 4.78 is 8.70. The van der Waals surface area contributed by atoms with E-state index in [0.717, 1.165) is 69.8 Å². The van der Waals surface area contributed by atoms with Gasteiger partial charge in [-0.05, 0) is 84.3 Å². The minimum absolute atomic E-state index is 0.623. The summed E-state index contributed by atoms with van der Waals surface area (Å²) in [6, 6.07) is 34.1. The van der Waals surface area contributed by atoms with Crippen LogP contribution in [0, 0.1) is 0 Å². The van der Waals surface area contributed by atoms with Crippen molar-refractivity contribution in [1.82, 2.24) is 19.5 Å². The first-order valence-electron chi connectivity index (χ1n) is 14.6. The average molecular weight is 541 g/mol. The number of aromatic nitrogens is 4. The van der Waals surface area contributed by atoms with E-state index in [-0.39, 0.29) is 0 Å². The van der Waals surface area contributed by atoms with Crippen LogP contribution in [0.15, 0.2) is 101 Å². The minimum Gasteiger partial charge on any atom is -0.456 e. The van der Waals surface area contributed by atoms with E-state index >= 15 is 0 Å². The Morgan fingerprint density at radius 2 is 0.976 bits per heavy atom. The van der Waals surface area contributed by atoms with Crippen molar-refractivity contribution < 1.29 is 4.42 Å². The summed E-state index contributed by atoms with van der Waals surface area (Å²) in [5.41, 5.74) is 11.7. The van der Waals surface area contributed by atoms with Gasteiger partial charge in [0.05, 0.1) is 11.0 Å². The van der Waals surface area contributed by atoms with E-state index < -0.39 is 0 Å². The van der Waals surface area contributed by atoms with Crippen LogP contribution >= 0.6 is 0 Å². The number of hydrogen-bond donors (Lipinski definition) is 0. The number of aryl methyl sites for hydroxylation is 4. The third-order valence-corrected chi connectivity index (χ3v) is 9.21. The Morgan fingerprint density at radius 3 is 1.62 bits per heavy atom. The van der Waals surface area contributed by atoms with Crippen molar-refractivity contribution in [1.29, 1.82) is 0 Å². The van der Waals surface area contributed by atoms with Gasteiger partial charge >= 0.3 is 0 Å². The molecule has 3 aromatic heterocycles. The van der Waals surface area contributed by atoms with Crippen molar-refractivity contribution in [2.24, 2.45) is 0 Å². The van der Waals surface area contributed by atoms with Crippen LogP contribution in [-0.2, 0) is 25.7 Å². The largest absolute Gasteiger partial charge is 0.456 e. The third kappa shape index (κ3) is 3.10. The van der Waals surface area contributed by atoms with Gasteiger partial charge in [0.1, 0.15) is 11.2 Å². The summed E-state index contributed by atoms with van der Waals surface area (Å²) in [7, 11) is 0. The maximum absolute atomic E-state index is 6.47. The smallest absolute Gasteiger partial charge is 0.238 e. The second-order valence-corrected chi connectivity index (χ2v) is 11.6. The van der Waals surface area contributed by atoms with Gasteiger partial charge in [0.25, 0.3) is 0 Å². The molecular formula is C37H24N4O. The van der Waals surface area contributed by atoms with Crippen LogP contribution in [-0.4, -0.2) is 19.5 Å². The first kappa shape index (κ1) is 22.4.